The van der Waals surface area contributed by atoms with Gasteiger partial charge < -0.3 is 0 Å². The highest BCUT2D eigenvalue weighted by Crippen LogP contribution is 2.59. The van der Waals surface area contributed by atoms with E-state index in [0.29, 0.717) is 5.41 Å². The first-order valence-corrected chi connectivity index (χ1v) is 7.29. The Morgan fingerprint density at radius 3 is 2.55 bits per heavy atom. The van der Waals surface area contributed by atoms with Gasteiger partial charge in [-0.3, -0.25) is 4.90 Å². The highest BCUT2D eigenvalue weighted by Gasteiger charge is 2.60. The molecule has 2 atom stereocenters. The zero-order chi connectivity index (χ0) is 13.6. The van der Waals surface area contributed by atoms with E-state index < -0.39 is 0 Å². The van der Waals surface area contributed by atoms with E-state index in [9.17, 15) is 4.39 Å². The second-order valence-electron chi connectivity index (χ2n) is 6.22. The second-order valence-corrected chi connectivity index (χ2v) is 6.22. The molecule has 2 unspecified atom stereocenters. The van der Waals surface area contributed by atoms with Gasteiger partial charge in [0.1, 0.15) is 5.82 Å². The summed E-state index contributed by atoms with van der Waals surface area (Å²) in [5.74, 6) is 0.657. The molecule has 2 aromatic carbocycles. The lowest BCUT2D eigenvalue weighted by Gasteiger charge is -2.21. The molecule has 1 aliphatic carbocycles. The number of hydrogen-bond acceptors (Lipinski definition) is 1. The molecule has 2 fully saturated rings. The summed E-state index contributed by atoms with van der Waals surface area (Å²) in [6.45, 7) is 3.25. The minimum absolute atomic E-state index is 0.154. The average molecular weight is 267 g/mol. The van der Waals surface area contributed by atoms with Gasteiger partial charge >= 0.3 is 0 Å². The molecule has 2 aromatic rings. The van der Waals surface area contributed by atoms with Gasteiger partial charge in [-0.25, -0.2) is 4.39 Å². The van der Waals surface area contributed by atoms with Crippen molar-refractivity contribution in [2.75, 3.05) is 13.1 Å². The molecule has 20 heavy (non-hydrogen) atoms. The van der Waals surface area contributed by atoms with Crippen LogP contribution in [0.4, 0.5) is 4.39 Å². The minimum atomic E-state index is -0.154. The van der Waals surface area contributed by atoms with Gasteiger partial charge in [0.15, 0.2) is 0 Å². The van der Waals surface area contributed by atoms with E-state index in [-0.39, 0.29) is 5.82 Å². The van der Waals surface area contributed by atoms with Crippen LogP contribution in [0.3, 0.4) is 0 Å². The fourth-order valence-corrected chi connectivity index (χ4v) is 3.77. The summed E-state index contributed by atoms with van der Waals surface area (Å²) in [7, 11) is 0. The number of nitrogens with zero attached hydrogens (tertiary/aromatic N) is 1. The molecule has 1 saturated heterocycles. The highest BCUT2D eigenvalue weighted by molar-refractivity contribution is 5.37. The molecule has 1 aliphatic heterocycles. The predicted molar refractivity (Wildman–Crippen MR) is 77.9 cm³/mol. The Kier molecular flexibility index (Phi) is 2.67. The number of hydrogen-bond donors (Lipinski definition) is 0. The van der Waals surface area contributed by atoms with Gasteiger partial charge in [0, 0.05) is 25.0 Å². The van der Waals surface area contributed by atoms with Crippen molar-refractivity contribution in [2.24, 2.45) is 5.92 Å². The van der Waals surface area contributed by atoms with E-state index in [0.717, 1.165) is 19.0 Å². The van der Waals surface area contributed by atoms with E-state index in [1.54, 1.807) is 12.1 Å². The minimum Gasteiger partial charge on any atom is -0.298 e. The Morgan fingerprint density at radius 2 is 1.80 bits per heavy atom. The average Bonchev–Trinajstić information content (AvgIpc) is 3.06. The Hall–Kier alpha value is -1.67. The van der Waals surface area contributed by atoms with Crippen LogP contribution in [0.1, 0.15) is 17.5 Å². The first kappa shape index (κ1) is 12.1. The Balaban J connectivity index is 1.48. The first-order valence-electron chi connectivity index (χ1n) is 7.29. The van der Waals surface area contributed by atoms with Gasteiger partial charge in [0.25, 0.3) is 0 Å². The maximum atomic E-state index is 12.9. The van der Waals surface area contributed by atoms with Gasteiger partial charge in [-0.2, -0.15) is 0 Å². The number of piperidine rings is 1. The van der Waals surface area contributed by atoms with Crippen molar-refractivity contribution in [2.45, 2.75) is 18.4 Å². The molecule has 1 saturated carbocycles. The van der Waals surface area contributed by atoms with Crippen LogP contribution in [0.15, 0.2) is 54.6 Å². The number of halogens is 1. The van der Waals surface area contributed by atoms with Crippen LogP contribution in [-0.4, -0.2) is 18.0 Å². The molecule has 102 valence electrons. The van der Waals surface area contributed by atoms with E-state index >= 15 is 0 Å². The maximum Gasteiger partial charge on any atom is 0.123 e. The zero-order valence-corrected chi connectivity index (χ0v) is 11.4. The summed E-state index contributed by atoms with van der Waals surface area (Å²) in [5.41, 5.74) is 3.10. The molecule has 1 nitrogen and oxygen atoms in total. The number of likely N-dealkylation sites (tertiary alicyclic amines) is 1. The summed E-state index contributed by atoms with van der Waals surface area (Å²) in [4.78, 5) is 2.51. The molecule has 0 spiro atoms. The third-order valence-corrected chi connectivity index (χ3v) is 4.88. The highest BCUT2D eigenvalue weighted by atomic mass is 19.1. The van der Waals surface area contributed by atoms with Crippen molar-refractivity contribution < 1.29 is 4.39 Å². The quantitative estimate of drug-likeness (QED) is 0.821. The first-order chi connectivity index (χ1) is 9.76. The van der Waals surface area contributed by atoms with E-state index in [4.69, 9.17) is 0 Å². The largest absolute Gasteiger partial charge is 0.298 e. The molecule has 0 N–H and O–H groups in total. The van der Waals surface area contributed by atoms with E-state index in [1.807, 2.05) is 12.1 Å². The van der Waals surface area contributed by atoms with Gasteiger partial charge in [0.2, 0.25) is 0 Å². The molecule has 2 aliphatic rings. The van der Waals surface area contributed by atoms with Crippen molar-refractivity contribution in [3.8, 4) is 0 Å². The fraction of sp³-hybridized carbons (Fsp3) is 0.333. The summed E-state index contributed by atoms with van der Waals surface area (Å²) in [5, 5.41) is 0. The lowest BCUT2D eigenvalue weighted by Crippen LogP contribution is -2.26. The topological polar surface area (TPSA) is 3.24 Å². The zero-order valence-electron chi connectivity index (χ0n) is 11.4. The van der Waals surface area contributed by atoms with Crippen molar-refractivity contribution in [1.82, 2.24) is 4.90 Å². The number of fused-ring (bicyclic) bond motifs is 1. The van der Waals surface area contributed by atoms with Crippen LogP contribution in [0, 0.1) is 11.7 Å². The number of rotatable bonds is 3. The third-order valence-electron chi connectivity index (χ3n) is 4.88. The number of benzene rings is 2. The van der Waals surface area contributed by atoms with E-state index in [1.165, 1.54) is 24.1 Å². The van der Waals surface area contributed by atoms with Gasteiger partial charge in [-0.05, 0) is 35.6 Å². The summed E-state index contributed by atoms with van der Waals surface area (Å²) >= 11 is 0. The smallest absolute Gasteiger partial charge is 0.123 e. The summed E-state index contributed by atoms with van der Waals surface area (Å²) in [6.07, 6.45) is 1.33. The van der Waals surface area contributed by atoms with Crippen molar-refractivity contribution in [3.63, 3.8) is 0 Å². The fourth-order valence-electron chi connectivity index (χ4n) is 3.77. The Labute approximate surface area is 119 Å². The molecular weight excluding hydrogens is 249 g/mol. The van der Waals surface area contributed by atoms with Crippen molar-refractivity contribution in [3.05, 3.63) is 71.5 Å². The van der Waals surface area contributed by atoms with Crippen molar-refractivity contribution in [1.29, 1.82) is 0 Å². The van der Waals surface area contributed by atoms with Crippen LogP contribution in [0.25, 0.3) is 0 Å². The van der Waals surface area contributed by atoms with Gasteiger partial charge in [-0.1, -0.05) is 42.5 Å². The Morgan fingerprint density at radius 1 is 1.05 bits per heavy atom. The SMILES string of the molecule is Fc1ccc(CN2CC3CC3(c3ccccc3)C2)cc1. The van der Waals surface area contributed by atoms with Crippen LogP contribution < -0.4 is 0 Å². The van der Waals surface area contributed by atoms with Crippen LogP contribution in [0.5, 0.6) is 0 Å². The van der Waals surface area contributed by atoms with Gasteiger partial charge in [0.05, 0.1) is 0 Å². The molecule has 0 radical (unpaired) electrons. The second kappa shape index (κ2) is 4.42. The molecule has 0 aromatic heterocycles. The third kappa shape index (κ3) is 1.95. The molecule has 1 heterocycles. The molecule has 4 rings (SSSR count). The van der Waals surface area contributed by atoms with E-state index in [2.05, 4.69) is 35.2 Å². The summed E-state index contributed by atoms with van der Waals surface area (Å²) < 4.78 is 12.9. The van der Waals surface area contributed by atoms with Gasteiger partial charge in [-0.15, -0.1) is 0 Å². The Bertz CT molecular complexity index is 607. The maximum absolute atomic E-state index is 12.9. The monoisotopic (exact) mass is 267 g/mol. The van der Waals surface area contributed by atoms with Crippen LogP contribution >= 0.6 is 0 Å². The lowest BCUT2D eigenvalue weighted by molar-refractivity contribution is 0.290. The van der Waals surface area contributed by atoms with Crippen molar-refractivity contribution >= 4 is 0 Å². The predicted octanol–water partition coefficient (Wildman–Crippen LogP) is 3.60. The van der Waals surface area contributed by atoms with Crippen LogP contribution in [0.2, 0.25) is 0 Å². The lowest BCUT2D eigenvalue weighted by atomic mass is 9.95. The molecule has 0 bridgehead atoms. The summed E-state index contributed by atoms with van der Waals surface area (Å²) in [6, 6.07) is 17.8. The normalized spacial score (nSPS) is 28.4. The molecule has 0 amide bonds. The van der Waals surface area contributed by atoms with Crippen LogP contribution in [-0.2, 0) is 12.0 Å². The molecular formula is C18H18FN. The standard InChI is InChI=1S/C18H18FN/c19-17-8-6-14(7-9-17)11-20-12-16-10-18(16,13-20)15-4-2-1-3-5-15/h1-9,16H,10-13H2. The molecule has 2 heteroatoms.